The van der Waals surface area contributed by atoms with Gasteiger partial charge in [0.05, 0.1) is 0 Å². The van der Waals surface area contributed by atoms with Gasteiger partial charge in [-0.3, -0.25) is 0 Å². The second-order valence-corrected chi connectivity index (χ2v) is 5.65. The molecule has 0 aromatic rings. The van der Waals surface area contributed by atoms with Crippen molar-refractivity contribution in [1.29, 1.82) is 0 Å². The number of hydrogen-bond donors (Lipinski definition) is 0. The molecule has 0 radical (unpaired) electrons. The zero-order valence-electron chi connectivity index (χ0n) is 12.2. The number of fused-ring (bicyclic) bond motifs is 1. The van der Waals surface area contributed by atoms with Crippen molar-refractivity contribution in [2.75, 3.05) is 26.9 Å². The molecule has 2 aliphatic rings. The molecule has 0 saturated carbocycles. The van der Waals surface area contributed by atoms with E-state index in [4.69, 9.17) is 14.2 Å². The fourth-order valence-electron chi connectivity index (χ4n) is 2.90. The van der Waals surface area contributed by atoms with Gasteiger partial charge in [0.1, 0.15) is 0 Å². The van der Waals surface area contributed by atoms with Gasteiger partial charge in [-0.25, -0.2) is 0 Å². The zero-order chi connectivity index (χ0) is 14.5. The average molecular weight is 314 g/mol. The third-order valence-electron chi connectivity index (χ3n) is 3.84. The van der Waals surface area contributed by atoms with Gasteiger partial charge in [-0.2, -0.15) is 0 Å². The topological polar surface area (TPSA) is 27.7 Å². The molecule has 1 aliphatic heterocycles. The Morgan fingerprint density at radius 3 is 2.95 bits per heavy atom. The SMILES string of the molecule is C=CCOC/C=C(\C)C1=C([C](=[Cr])OC)C2OCCCC12. The Labute approximate surface area is 129 Å². The van der Waals surface area contributed by atoms with Crippen LogP contribution in [0.3, 0.4) is 0 Å². The molecule has 3 nitrogen and oxygen atoms in total. The molecule has 1 aliphatic carbocycles. The van der Waals surface area contributed by atoms with E-state index in [2.05, 4.69) is 35.4 Å². The number of ether oxygens (including phenoxy) is 3. The van der Waals surface area contributed by atoms with E-state index in [1.807, 2.05) is 0 Å². The van der Waals surface area contributed by atoms with Gasteiger partial charge >= 0.3 is 129 Å². The molecule has 0 bridgehead atoms. The van der Waals surface area contributed by atoms with Crippen molar-refractivity contribution in [3.8, 4) is 0 Å². The van der Waals surface area contributed by atoms with Crippen LogP contribution in [0.4, 0.5) is 0 Å². The summed E-state index contributed by atoms with van der Waals surface area (Å²) in [5.74, 6) is 0.507. The van der Waals surface area contributed by atoms with Crippen molar-refractivity contribution < 1.29 is 30.1 Å². The molecule has 2 atom stereocenters. The Hall–Kier alpha value is -0.498. The van der Waals surface area contributed by atoms with Crippen LogP contribution in [0, 0.1) is 5.92 Å². The van der Waals surface area contributed by atoms with E-state index in [-0.39, 0.29) is 6.10 Å². The molecule has 4 heteroatoms. The minimum atomic E-state index is 0.201. The first-order valence-corrected chi connectivity index (χ1v) is 7.64. The molecule has 2 unspecified atom stereocenters. The number of rotatable bonds is 7. The molecule has 0 N–H and O–H groups in total. The van der Waals surface area contributed by atoms with Crippen molar-refractivity contribution in [1.82, 2.24) is 0 Å². The molecule has 110 valence electrons. The minimum absolute atomic E-state index is 0.201. The summed E-state index contributed by atoms with van der Waals surface area (Å²) in [4.78, 5) is 0. The van der Waals surface area contributed by atoms with Crippen molar-refractivity contribution >= 4 is 4.57 Å². The molecule has 0 aromatic carbocycles. The monoisotopic (exact) mass is 314 g/mol. The Bertz CT molecular complexity index is 451. The molecule has 1 fully saturated rings. The van der Waals surface area contributed by atoms with Gasteiger partial charge in [0.25, 0.3) is 0 Å². The third-order valence-corrected chi connectivity index (χ3v) is 4.44. The van der Waals surface area contributed by atoms with Crippen LogP contribution in [0.2, 0.25) is 0 Å². The maximum absolute atomic E-state index is 5.89. The number of methoxy groups -OCH3 is 1. The summed E-state index contributed by atoms with van der Waals surface area (Å²) in [6.07, 6.45) is 6.42. The molecule has 0 spiro atoms. The summed E-state index contributed by atoms with van der Waals surface area (Å²) < 4.78 is 17.5. The van der Waals surface area contributed by atoms with Crippen LogP contribution in [-0.2, 0) is 30.1 Å². The predicted molar refractivity (Wildman–Crippen MR) is 76.3 cm³/mol. The molecule has 1 heterocycles. The second kappa shape index (κ2) is 7.49. The van der Waals surface area contributed by atoms with Crippen LogP contribution in [0.1, 0.15) is 19.8 Å². The van der Waals surface area contributed by atoms with Gasteiger partial charge in [0.2, 0.25) is 0 Å². The van der Waals surface area contributed by atoms with Crippen LogP contribution < -0.4 is 0 Å². The Balaban J connectivity index is 2.16. The second-order valence-electron chi connectivity index (χ2n) is 5.07. The first-order valence-electron chi connectivity index (χ1n) is 7.00. The van der Waals surface area contributed by atoms with E-state index in [0.717, 1.165) is 17.6 Å². The maximum atomic E-state index is 5.89. The van der Waals surface area contributed by atoms with Crippen LogP contribution in [-0.4, -0.2) is 37.6 Å². The summed E-state index contributed by atoms with van der Waals surface area (Å²) in [7, 11) is 1.69. The third kappa shape index (κ3) is 3.22. The van der Waals surface area contributed by atoms with Gasteiger partial charge < -0.3 is 0 Å². The first kappa shape index (κ1) is 15.9. The molecule has 20 heavy (non-hydrogen) atoms. The fraction of sp³-hybridized carbons (Fsp3) is 0.562. The van der Waals surface area contributed by atoms with Crippen LogP contribution >= 0.6 is 0 Å². The van der Waals surface area contributed by atoms with E-state index >= 15 is 0 Å². The van der Waals surface area contributed by atoms with Crippen molar-refractivity contribution in [2.24, 2.45) is 5.92 Å². The van der Waals surface area contributed by atoms with E-state index in [1.54, 1.807) is 13.2 Å². The van der Waals surface area contributed by atoms with E-state index in [0.29, 0.717) is 19.1 Å². The van der Waals surface area contributed by atoms with Gasteiger partial charge in [-0.05, 0) is 0 Å². The number of allylic oxidation sites excluding steroid dienone is 1. The quantitative estimate of drug-likeness (QED) is 0.534. The first-order chi connectivity index (χ1) is 9.70. The van der Waals surface area contributed by atoms with Crippen LogP contribution in [0.5, 0.6) is 0 Å². The Morgan fingerprint density at radius 2 is 2.25 bits per heavy atom. The zero-order valence-corrected chi connectivity index (χ0v) is 13.5. The average Bonchev–Trinajstić information content (AvgIpc) is 2.44. The van der Waals surface area contributed by atoms with Crippen molar-refractivity contribution in [3.05, 3.63) is 35.5 Å². The summed E-state index contributed by atoms with van der Waals surface area (Å²) in [5.41, 5.74) is 3.82. The van der Waals surface area contributed by atoms with Gasteiger partial charge in [-0.1, -0.05) is 0 Å². The van der Waals surface area contributed by atoms with E-state index < -0.39 is 0 Å². The Kier molecular flexibility index (Phi) is 5.95. The standard InChI is InChI=1S/C16H22O3.Cr/c1-4-8-18-10-7-12(2)15-13-6-5-9-19-16(13)14(15)11-17-3;/h4,7,13,16H,1,5-6,8-10H2,2-3H3;/b12-7+;. The summed E-state index contributed by atoms with van der Waals surface area (Å²) in [6.45, 7) is 7.83. The predicted octanol–water partition coefficient (Wildman–Crippen LogP) is 2.56. The van der Waals surface area contributed by atoms with Crippen LogP contribution in [0.25, 0.3) is 0 Å². The molecule has 0 amide bonds. The molecule has 2 rings (SSSR count). The number of hydrogen-bond acceptors (Lipinski definition) is 3. The summed E-state index contributed by atoms with van der Waals surface area (Å²) in [5, 5.41) is 0. The normalized spacial score (nSPS) is 26.0. The fourth-order valence-corrected chi connectivity index (χ4v) is 3.26. The summed E-state index contributed by atoms with van der Waals surface area (Å²) in [6, 6.07) is 0. The van der Waals surface area contributed by atoms with E-state index in [1.165, 1.54) is 23.1 Å². The van der Waals surface area contributed by atoms with Crippen LogP contribution in [0.15, 0.2) is 35.5 Å². The van der Waals surface area contributed by atoms with Crippen molar-refractivity contribution in [3.63, 3.8) is 0 Å². The van der Waals surface area contributed by atoms with Crippen molar-refractivity contribution in [2.45, 2.75) is 25.9 Å². The van der Waals surface area contributed by atoms with Gasteiger partial charge in [0, 0.05) is 0 Å². The molecular formula is C16H22CrO3. The molecular weight excluding hydrogens is 292 g/mol. The Morgan fingerprint density at radius 1 is 1.45 bits per heavy atom. The molecule has 1 saturated heterocycles. The van der Waals surface area contributed by atoms with Gasteiger partial charge in [0.15, 0.2) is 0 Å². The van der Waals surface area contributed by atoms with Gasteiger partial charge in [-0.15, -0.1) is 0 Å². The summed E-state index contributed by atoms with van der Waals surface area (Å²) >= 11 is 3.01. The molecule has 0 aromatic heterocycles. The van der Waals surface area contributed by atoms with E-state index in [9.17, 15) is 0 Å².